The van der Waals surface area contributed by atoms with Crippen molar-refractivity contribution in [2.45, 2.75) is 33.7 Å². The van der Waals surface area contributed by atoms with Crippen LogP contribution in [-0.2, 0) is 22.5 Å². The van der Waals surface area contributed by atoms with Gasteiger partial charge in [-0.3, -0.25) is 4.79 Å². The molecule has 0 spiro atoms. The second-order valence-electron chi connectivity index (χ2n) is 6.47. The minimum atomic E-state index is -0.313. The number of benzene rings is 2. The molecular formula is C21H23FN2O2S. The van der Waals surface area contributed by atoms with Crippen LogP contribution in [0.2, 0.25) is 0 Å². The highest BCUT2D eigenvalue weighted by Gasteiger charge is 2.11. The van der Waals surface area contributed by atoms with Crippen LogP contribution in [0.1, 0.15) is 23.6 Å². The number of fused-ring (bicyclic) bond motifs is 1. The molecule has 27 heavy (non-hydrogen) atoms. The first kappa shape index (κ1) is 19.5. The molecule has 1 heterocycles. The Balaban J connectivity index is 1.99. The zero-order valence-corrected chi connectivity index (χ0v) is 16.6. The van der Waals surface area contributed by atoms with E-state index in [2.05, 4.69) is 35.5 Å². The maximum atomic E-state index is 13.0. The van der Waals surface area contributed by atoms with Crippen LogP contribution in [0, 0.1) is 19.7 Å². The van der Waals surface area contributed by atoms with Crippen LogP contribution in [0.25, 0.3) is 10.2 Å². The molecule has 0 saturated carbocycles. The number of thiazole rings is 1. The molecule has 0 saturated heterocycles. The number of aryl methyl sites for hydroxylation is 2. The lowest BCUT2D eigenvalue weighted by Gasteiger charge is -2.07. The monoisotopic (exact) mass is 386 g/mol. The summed E-state index contributed by atoms with van der Waals surface area (Å²) in [5.74, 6) is -0.556. The molecule has 0 fully saturated rings. The third-order valence-electron chi connectivity index (χ3n) is 4.27. The van der Waals surface area contributed by atoms with Crippen LogP contribution in [0.3, 0.4) is 0 Å². The fourth-order valence-electron chi connectivity index (χ4n) is 3.04. The average Bonchev–Trinajstić information content (AvgIpc) is 2.95. The molecule has 4 nitrogen and oxygen atoms in total. The van der Waals surface area contributed by atoms with Gasteiger partial charge in [-0.25, -0.2) is 4.39 Å². The van der Waals surface area contributed by atoms with Gasteiger partial charge in [-0.05, 0) is 55.7 Å². The molecule has 0 aliphatic carbocycles. The van der Waals surface area contributed by atoms with Crippen molar-refractivity contribution in [3.63, 3.8) is 0 Å². The van der Waals surface area contributed by atoms with Gasteiger partial charge < -0.3 is 9.30 Å². The summed E-state index contributed by atoms with van der Waals surface area (Å²) in [6.07, 6.45) is 0.151. The first-order valence-corrected chi connectivity index (χ1v) is 9.80. The number of amides is 1. The number of nitrogens with zero attached hydrogens (tertiary/aromatic N) is 2. The van der Waals surface area contributed by atoms with E-state index in [-0.39, 0.29) is 18.1 Å². The predicted molar refractivity (Wildman–Crippen MR) is 106 cm³/mol. The lowest BCUT2D eigenvalue weighted by molar-refractivity contribution is -0.117. The van der Waals surface area contributed by atoms with Gasteiger partial charge in [0.1, 0.15) is 5.82 Å². The van der Waals surface area contributed by atoms with E-state index in [0.717, 1.165) is 15.8 Å². The van der Waals surface area contributed by atoms with E-state index < -0.39 is 0 Å². The fourth-order valence-corrected chi connectivity index (χ4v) is 4.16. The third kappa shape index (κ3) is 4.70. The summed E-state index contributed by atoms with van der Waals surface area (Å²) >= 11 is 1.52. The summed E-state index contributed by atoms with van der Waals surface area (Å²) in [6, 6.07) is 10.2. The Labute approximate surface area is 161 Å². The smallest absolute Gasteiger partial charge is 0.252 e. The van der Waals surface area contributed by atoms with Crippen LogP contribution in [0.15, 0.2) is 41.4 Å². The van der Waals surface area contributed by atoms with Crippen molar-refractivity contribution >= 4 is 27.5 Å². The Morgan fingerprint density at radius 1 is 1.22 bits per heavy atom. The number of aromatic nitrogens is 1. The quantitative estimate of drug-likeness (QED) is 0.597. The number of carbonyl (C=O) groups excluding carboxylic acids is 1. The Morgan fingerprint density at radius 2 is 1.96 bits per heavy atom. The summed E-state index contributed by atoms with van der Waals surface area (Å²) in [4.78, 5) is 17.5. The number of carbonyl (C=O) groups is 1. The Hall–Kier alpha value is -2.31. The normalized spacial score (nSPS) is 12.1. The molecule has 142 valence electrons. The highest BCUT2D eigenvalue weighted by Crippen LogP contribution is 2.23. The van der Waals surface area contributed by atoms with Gasteiger partial charge in [-0.1, -0.05) is 29.5 Å². The summed E-state index contributed by atoms with van der Waals surface area (Å²) < 4.78 is 21.7. The molecule has 0 radical (unpaired) electrons. The van der Waals surface area contributed by atoms with E-state index in [1.54, 1.807) is 12.1 Å². The minimum absolute atomic E-state index is 0.151. The van der Waals surface area contributed by atoms with Crippen molar-refractivity contribution in [2.75, 3.05) is 13.2 Å². The molecule has 0 N–H and O–H groups in total. The maximum Gasteiger partial charge on any atom is 0.252 e. The van der Waals surface area contributed by atoms with E-state index in [0.29, 0.717) is 24.6 Å². The average molecular weight is 386 g/mol. The Morgan fingerprint density at radius 3 is 2.67 bits per heavy atom. The van der Waals surface area contributed by atoms with Gasteiger partial charge >= 0.3 is 0 Å². The van der Waals surface area contributed by atoms with Crippen molar-refractivity contribution in [1.82, 2.24) is 4.57 Å². The molecule has 0 bridgehead atoms. The van der Waals surface area contributed by atoms with E-state index in [1.165, 1.54) is 34.6 Å². The molecule has 1 aromatic heterocycles. The van der Waals surface area contributed by atoms with Crippen molar-refractivity contribution in [1.29, 1.82) is 0 Å². The summed E-state index contributed by atoms with van der Waals surface area (Å²) in [6.45, 7) is 7.95. The van der Waals surface area contributed by atoms with E-state index in [4.69, 9.17) is 4.74 Å². The zero-order chi connectivity index (χ0) is 19.4. The topological polar surface area (TPSA) is 43.6 Å². The van der Waals surface area contributed by atoms with Crippen LogP contribution >= 0.6 is 11.3 Å². The van der Waals surface area contributed by atoms with Crippen LogP contribution in [0.4, 0.5) is 4.39 Å². The standard InChI is InChI=1S/C21H23FN2O2S/c1-4-26-10-9-24-18-12-14(2)11-15(3)20(18)27-21(24)23-19(25)13-16-5-7-17(22)8-6-16/h5-8,11-12H,4,9-10,13H2,1-3H3. The summed E-state index contributed by atoms with van der Waals surface area (Å²) in [7, 11) is 0. The highest BCUT2D eigenvalue weighted by molar-refractivity contribution is 7.16. The van der Waals surface area contributed by atoms with Crippen molar-refractivity contribution in [3.05, 3.63) is 63.7 Å². The number of ether oxygens (including phenoxy) is 1. The molecule has 0 aliphatic heterocycles. The van der Waals surface area contributed by atoms with Crippen LogP contribution in [-0.4, -0.2) is 23.7 Å². The van der Waals surface area contributed by atoms with Gasteiger partial charge in [-0.2, -0.15) is 4.99 Å². The largest absolute Gasteiger partial charge is 0.380 e. The maximum absolute atomic E-state index is 13.0. The molecule has 2 aromatic carbocycles. The third-order valence-corrected chi connectivity index (χ3v) is 5.50. The second-order valence-corrected chi connectivity index (χ2v) is 7.45. The first-order chi connectivity index (χ1) is 13.0. The lowest BCUT2D eigenvalue weighted by atomic mass is 10.1. The van der Waals surface area contributed by atoms with Gasteiger partial charge in [0, 0.05) is 13.2 Å². The molecule has 6 heteroatoms. The number of rotatable bonds is 6. The lowest BCUT2D eigenvalue weighted by Crippen LogP contribution is -2.20. The van der Waals surface area contributed by atoms with E-state index in [9.17, 15) is 9.18 Å². The second kappa shape index (κ2) is 8.59. The van der Waals surface area contributed by atoms with Crippen molar-refractivity contribution < 1.29 is 13.9 Å². The fraction of sp³-hybridized carbons (Fsp3) is 0.333. The molecule has 3 aromatic rings. The molecule has 0 atom stereocenters. The van der Waals surface area contributed by atoms with Crippen LogP contribution in [0.5, 0.6) is 0 Å². The minimum Gasteiger partial charge on any atom is -0.380 e. The Kier molecular flexibility index (Phi) is 6.19. The molecule has 0 aliphatic rings. The van der Waals surface area contributed by atoms with Gasteiger partial charge in [0.2, 0.25) is 0 Å². The summed E-state index contributed by atoms with van der Waals surface area (Å²) in [5.41, 5.74) is 4.17. The first-order valence-electron chi connectivity index (χ1n) is 8.98. The van der Waals surface area contributed by atoms with Gasteiger partial charge in [0.05, 0.1) is 23.2 Å². The molecule has 3 rings (SSSR count). The van der Waals surface area contributed by atoms with E-state index >= 15 is 0 Å². The summed E-state index contributed by atoms with van der Waals surface area (Å²) in [5, 5.41) is 0. The molecule has 0 unspecified atom stereocenters. The van der Waals surface area contributed by atoms with Gasteiger partial charge in [0.15, 0.2) is 4.80 Å². The highest BCUT2D eigenvalue weighted by atomic mass is 32.1. The molecule has 1 amide bonds. The van der Waals surface area contributed by atoms with Crippen molar-refractivity contribution in [3.8, 4) is 0 Å². The molecular weight excluding hydrogens is 363 g/mol. The SMILES string of the molecule is CCOCCn1c(=NC(=O)Cc2ccc(F)cc2)sc2c(C)cc(C)cc21. The predicted octanol–water partition coefficient (Wildman–Crippen LogP) is 4.17. The number of halogens is 1. The van der Waals surface area contributed by atoms with Gasteiger partial charge in [0.25, 0.3) is 5.91 Å². The van der Waals surface area contributed by atoms with Crippen LogP contribution < -0.4 is 4.80 Å². The zero-order valence-electron chi connectivity index (χ0n) is 15.8. The van der Waals surface area contributed by atoms with E-state index in [1.807, 2.05) is 6.92 Å². The number of hydrogen-bond acceptors (Lipinski definition) is 3. The van der Waals surface area contributed by atoms with Gasteiger partial charge in [-0.15, -0.1) is 0 Å². The van der Waals surface area contributed by atoms with Crippen molar-refractivity contribution in [2.24, 2.45) is 4.99 Å². The number of hydrogen-bond donors (Lipinski definition) is 0. The Bertz CT molecular complexity index is 1020.